The van der Waals surface area contributed by atoms with Crippen LogP contribution in [0.25, 0.3) is 40.0 Å². The molecule has 0 N–H and O–H groups in total. The highest BCUT2D eigenvalue weighted by Crippen LogP contribution is 2.34. The van der Waals surface area contributed by atoms with Crippen molar-refractivity contribution in [1.29, 1.82) is 0 Å². The van der Waals surface area contributed by atoms with E-state index in [9.17, 15) is 0 Å². The fraction of sp³-hybridized carbons (Fsp3) is 0.200. The molecule has 0 heteroatoms. The maximum atomic E-state index is 4.03. The van der Waals surface area contributed by atoms with E-state index in [0.717, 1.165) is 25.7 Å². The highest BCUT2D eigenvalue weighted by molar-refractivity contribution is 5.85. The molecule has 5 rings (SSSR count). The Hall–Kier alpha value is -5.20. The predicted octanol–water partition coefficient (Wildman–Crippen LogP) is 10.5. The zero-order valence-electron chi connectivity index (χ0n) is 30.7. The number of allylic oxidation sites excluding steroid dienone is 3. The summed E-state index contributed by atoms with van der Waals surface area (Å²) in [7, 11) is 0. The molecule has 0 aromatic heterocycles. The average molecular weight is 653 g/mol. The van der Waals surface area contributed by atoms with Crippen LogP contribution in [0, 0.1) is 5.92 Å². The first-order valence-electron chi connectivity index (χ1n) is 18.3. The van der Waals surface area contributed by atoms with E-state index in [1.165, 1.54) is 76.5 Å². The van der Waals surface area contributed by atoms with Gasteiger partial charge in [0.15, 0.2) is 0 Å². The van der Waals surface area contributed by atoms with Gasteiger partial charge < -0.3 is 0 Å². The molecule has 5 aromatic carbocycles. The van der Waals surface area contributed by atoms with Crippen molar-refractivity contribution in [3.63, 3.8) is 0 Å². The molecule has 0 bridgehead atoms. The quantitative estimate of drug-likeness (QED) is 0.126. The van der Waals surface area contributed by atoms with E-state index < -0.39 is 0 Å². The second-order valence-corrected chi connectivity index (χ2v) is 13.1. The SMILES string of the molecule is C=C/C=c1/cccc/c1=C(/C)c1cc(/C(=c2\cccc\c2=C\C=C)C(C)CC)cc(-c2cccc(/C(=C\CC)c3ccccc3CCC)c2)c1. The van der Waals surface area contributed by atoms with Crippen LogP contribution in [0.5, 0.6) is 0 Å². The van der Waals surface area contributed by atoms with E-state index in [2.05, 4.69) is 181 Å². The van der Waals surface area contributed by atoms with Gasteiger partial charge in [0.2, 0.25) is 0 Å². The van der Waals surface area contributed by atoms with Crippen molar-refractivity contribution < 1.29 is 0 Å². The van der Waals surface area contributed by atoms with Crippen molar-refractivity contribution in [3.05, 3.63) is 195 Å². The average Bonchev–Trinajstić information content (AvgIpc) is 3.15. The molecule has 0 heterocycles. The number of benzene rings is 5. The van der Waals surface area contributed by atoms with E-state index in [1.807, 2.05) is 12.2 Å². The first-order chi connectivity index (χ1) is 24.4. The lowest BCUT2D eigenvalue weighted by Gasteiger charge is -2.19. The fourth-order valence-corrected chi connectivity index (χ4v) is 7.08. The van der Waals surface area contributed by atoms with Crippen molar-refractivity contribution >= 4 is 28.9 Å². The second-order valence-electron chi connectivity index (χ2n) is 13.1. The predicted molar refractivity (Wildman–Crippen MR) is 221 cm³/mol. The van der Waals surface area contributed by atoms with Crippen LogP contribution in [-0.2, 0) is 6.42 Å². The largest absolute Gasteiger partial charge is 0.0990 e. The summed E-state index contributed by atoms with van der Waals surface area (Å²) in [5.74, 6) is 0.347. The monoisotopic (exact) mass is 652 g/mol. The maximum Gasteiger partial charge on any atom is -0.0143 e. The van der Waals surface area contributed by atoms with Gasteiger partial charge in [-0.1, -0.05) is 169 Å². The summed E-state index contributed by atoms with van der Waals surface area (Å²) < 4.78 is 0. The molecule has 5 aromatic rings. The Morgan fingerprint density at radius 1 is 0.640 bits per heavy atom. The molecular formula is C50H52. The van der Waals surface area contributed by atoms with Crippen molar-refractivity contribution in [1.82, 2.24) is 0 Å². The zero-order valence-corrected chi connectivity index (χ0v) is 30.7. The third-order valence-electron chi connectivity index (χ3n) is 9.73. The Morgan fingerprint density at radius 2 is 1.26 bits per heavy atom. The van der Waals surface area contributed by atoms with Gasteiger partial charge in [0.25, 0.3) is 0 Å². The Labute approximate surface area is 300 Å². The lowest BCUT2D eigenvalue weighted by atomic mass is 9.85. The molecule has 252 valence electrons. The molecule has 0 radical (unpaired) electrons. The van der Waals surface area contributed by atoms with Gasteiger partial charge in [0, 0.05) is 0 Å². The van der Waals surface area contributed by atoms with E-state index in [1.54, 1.807) is 0 Å². The van der Waals surface area contributed by atoms with E-state index in [4.69, 9.17) is 0 Å². The van der Waals surface area contributed by atoms with Gasteiger partial charge in [-0.2, -0.15) is 0 Å². The van der Waals surface area contributed by atoms with E-state index in [0.29, 0.717) is 5.92 Å². The Bertz CT molecular complexity index is 2260. The summed E-state index contributed by atoms with van der Waals surface area (Å²) in [6.07, 6.45) is 14.6. The fourth-order valence-electron chi connectivity index (χ4n) is 7.08. The second kappa shape index (κ2) is 17.5. The van der Waals surface area contributed by atoms with Gasteiger partial charge in [-0.3, -0.25) is 0 Å². The molecule has 0 nitrogen and oxygen atoms in total. The van der Waals surface area contributed by atoms with Gasteiger partial charge in [0.05, 0.1) is 0 Å². The van der Waals surface area contributed by atoms with Crippen LogP contribution in [0.4, 0.5) is 0 Å². The third-order valence-corrected chi connectivity index (χ3v) is 9.73. The maximum absolute atomic E-state index is 4.03. The minimum atomic E-state index is 0.347. The van der Waals surface area contributed by atoms with Crippen LogP contribution < -0.4 is 20.9 Å². The first-order valence-corrected chi connectivity index (χ1v) is 18.3. The standard InChI is InChI=1S/C50H52/c1-8-20-38-24-13-16-29-46(38)37(7)43-33-44(35-45(34-43)50(36(6)12-5)49-31-18-15-26-40(49)22-10-3)41-27-19-28-42(32-41)47(23-11-4)48-30-17-14-25-39(48)21-9-2/h8,10,13-20,22-36H,1,3,9,11-12,21H2,2,4-7H3/b38-20-,40-22-,46-37+,47-23+,50-49+. The van der Waals surface area contributed by atoms with Gasteiger partial charge in [0.1, 0.15) is 0 Å². The molecule has 0 spiro atoms. The minimum absolute atomic E-state index is 0.347. The first kappa shape index (κ1) is 36.1. The minimum Gasteiger partial charge on any atom is -0.0990 e. The lowest BCUT2D eigenvalue weighted by Crippen LogP contribution is -2.29. The molecule has 0 aliphatic rings. The molecule has 0 aliphatic heterocycles. The van der Waals surface area contributed by atoms with Gasteiger partial charge in [-0.25, -0.2) is 0 Å². The summed E-state index contributed by atoms with van der Waals surface area (Å²) in [6, 6.07) is 42.6. The molecule has 0 aliphatic carbocycles. The summed E-state index contributed by atoms with van der Waals surface area (Å²) in [5.41, 5.74) is 12.8. The van der Waals surface area contributed by atoms with Crippen molar-refractivity contribution in [2.75, 3.05) is 0 Å². The van der Waals surface area contributed by atoms with Crippen molar-refractivity contribution in [2.24, 2.45) is 5.92 Å². The van der Waals surface area contributed by atoms with Crippen LogP contribution in [0.2, 0.25) is 0 Å². The highest BCUT2D eigenvalue weighted by Gasteiger charge is 2.16. The number of hydrogen-bond donors (Lipinski definition) is 0. The Balaban J connectivity index is 1.85. The smallest absolute Gasteiger partial charge is 0.0143 e. The van der Waals surface area contributed by atoms with Crippen LogP contribution >= 0.6 is 0 Å². The van der Waals surface area contributed by atoms with Gasteiger partial charge in [-0.15, -0.1) is 0 Å². The van der Waals surface area contributed by atoms with Crippen LogP contribution in [0.1, 0.15) is 81.7 Å². The third kappa shape index (κ3) is 8.15. The lowest BCUT2D eigenvalue weighted by molar-refractivity contribution is 0.714. The van der Waals surface area contributed by atoms with Gasteiger partial charge in [-0.05, 0) is 133 Å². The number of aryl methyl sites for hydroxylation is 1. The summed E-state index contributed by atoms with van der Waals surface area (Å²) in [6.45, 7) is 19.4. The van der Waals surface area contributed by atoms with Crippen molar-refractivity contribution in [3.8, 4) is 11.1 Å². The molecule has 0 saturated carbocycles. The normalized spacial score (nSPS) is 14.3. The van der Waals surface area contributed by atoms with Crippen LogP contribution in [0.15, 0.2) is 147 Å². The number of rotatable bonds is 12. The molecule has 0 saturated heterocycles. The topological polar surface area (TPSA) is 0 Å². The summed E-state index contributed by atoms with van der Waals surface area (Å²) >= 11 is 0. The zero-order chi connectivity index (χ0) is 35.5. The van der Waals surface area contributed by atoms with Crippen LogP contribution in [0.3, 0.4) is 0 Å². The highest BCUT2D eigenvalue weighted by atomic mass is 14.2. The Morgan fingerprint density at radius 3 is 1.94 bits per heavy atom. The molecule has 0 fully saturated rings. The van der Waals surface area contributed by atoms with E-state index in [-0.39, 0.29) is 0 Å². The van der Waals surface area contributed by atoms with Crippen LogP contribution in [-0.4, -0.2) is 0 Å². The molecule has 1 unspecified atom stereocenters. The molecule has 0 amide bonds. The molecule has 1 atom stereocenters. The summed E-state index contributed by atoms with van der Waals surface area (Å²) in [4.78, 5) is 0. The van der Waals surface area contributed by atoms with Gasteiger partial charge >= 0.3 is 0 Å². The molecular weight excluding hydrogens is 601 g/mol. The Kier molecular flexibility index (Phi) is 12.6. The molecule has 50 heavy (non-hydrogen) atoms. The summed E-state index contributed by atoms with van der Waals surface area (Å²) in [5, 5.41) is 4.84. The number of hydrogen-bond acceptors (Lipinski definition) is 0. The van der Waals surface area contributed by atoms with E-state index >= 15 is 0 Å². The van der Waals surface area contributed by atoms with Crippen molar-refractivity contribution in [2.45, 2.75) is 60.3 Å².